The van der Waals surface area contributed by atoms with Crippen LogP contribution in [0.5, 0.6) is 0 Å². The van der Waals surface area contributed by atoms with Crippen molar-refractivity contribution in [2.45, 2.75) is 87.2 Å². The number of thioether (sulfide) groups is 1. The normalized spacial score (nSPS) is 22.6. The highest BCUT2D eigenvalue weighted by molar-refractivity contribution is 8.00. The summed E-state index contributed by atoms with van der Waals surface area (Å²) < 4.78 is 2.31. The minimum absolute atomic E-state index is 0.116. The predicted octanol–water partition coefficient (Wildman–Crippen LogP) is 3.48. The molecule has 144 valence electrons. The zero-order chi connectivity index (χ0) is 18.1. The van der Waals surface area contributed by atoms with Crippen molar-refractivity contribution in [3.63, 3.8) is 0 Å². The predicted molar refractivity (Wildman–Crippen MR) is 105 cm³/mol. The summed E-state index contributed by atoms with van der Waals surface area (Å²) in [6, 6.07) is 0.947. The van der Waals surface area contributed by atoms with Crippen molar-refractivity contribution in [2.24, 2.45) is 0 Å². The van der Waals surface area contributed by atoms with Gasteiger partial charge < -0.3 is 9.80 Å². The first-order chi connectivity index (χ1) is 12.6. The molecule has 0 spiro atoms. The molecule has 0 bridgehead atoms. The van der Waals surface area contributed by atoms with E-state index < -0.39 is 0 Å². The molecule has 1 aliphatic heterocycles. The van der Waals surface area contributed by atoms with Gasteiger partial charge in [0.05, 0.1) is 5.25 Å². The Hall–Kier alpha value is -1.24. The fourth-order valence-electron chi connectivity index (χ4n) is 4.28. The topological polar surface area (TPSA) is 54.3 Å². The lowest BCUT2D eigenvalue weighted by atomic mass is 9.94. The van der Waals surface area contributed by atoms with Crippen molar-refractivity contribution in [1.29, 1.82) is 0 Å². The van der Waals surface area contributed by atoms with Gasteiger partial charge in [0, 0.05) is 32.2 Å². The maximum atomic E-state index is 12.9. The van der Waals surface area contributed by atoms with Crippen molar-refractivity contribution in [3.8, 4) is 0 Å². The Balaban J connectivity index is 1.45. The summed E-state index contributed by atoms with van der Waals surface area (Å²) in [7, 11) is 1.98. The van der Waals surface area contributed by atoms with E-state index in [0.717, 1.165) is 37.0 Å². The Labute approximate surface area is 160 Å². The number of amides is 1. The van der Waals surface area contributed by atoms with Crippen LogP contribution in [0.3, 0.4) is 0 Å². The van der Waals surface area contributed by atoms with Crippen LogP contribution in [0.15, 0.2) is 5.16 Å². The third kappa shape index (κ3) is 3.73. The van der Waals surface area contributed by atoms with Gasteiger partial charge in [-0.2, -0.15) is 0 Å². The highest BCUT2D eigenvalue weighted by Crippen LogP contribution is 2.42. The third-order valence-corrected chi connectivity index (χ3v) is 7.09. The van der Waals surface area contributed by atoms with E-state index in [-0.39, 0.29) is 11.2 Å². The third-order valence-electron chi connectivity index (χ3n) is 6.05. The van der Waals surface area contributed by atoms with Crippen LogP contribution >= 0.6 is 11.8 Å². The lowest BCUT2D eigenvalue weighted by Gasteiger charge is -2.32. The number of hydrogen-bond donors (Lipinski definition) is 0. The number of aromatic nitrogens is 3. The van der Waals surface area contributed by atoms with Crippen molar-refractivity contribution < 1.29 is 4.79 Å². The Kier molecular flexibility index (Phi) is 5.43. The standard InChI is InChI=1S/C19H31N5OS/c1-14(17(25)22(2)15-8-4-3-5-9-15)26-19-21-20-18(23-12-6-7-13-23)24(19)16-10-11-16/h14-16H,3-13H2,1-2H3/t14-/m0/s1. The van der Waals surface area contributed by atoms with Crippen LogP contribution in [0.2, 0.25) is 0 Å². The fourth-order valence-corrected chi connectivity index (χ4v) is 5.29. The van der Waals surface area contributed by atoms with Crippen molar-refractivity contribution >= 4 is 23.6 Å². The Morgan fingerprint density at radius 1 is 1.08 bits per heavy atom. The zero-order valence-corrected chi connectivity index (χ0v) is 16.9. The molecule has 1 atom stereocenters. The quantitative estimate of drug-likeness (QED) is 0.711. The van der Waals surface area contributed by atoms with Gasteiger partial charge in [0.15, 0.2) is 5.16 Å². The van der Waals surface area contributed by atoms with Crippen molar-refractivity contribution in [1.82, 2.24) is 19.7 Å². The molecule has 1 saturated heterocycles. The van der Waals surface area contributed by atoms with Gasteiger partial charge in [-0.25, -0.2) is 0 Å². The van der Waals surface area contributed by atoms with E-state index >= 15 is 0 Å². The average molecular weight is 378 g/mol. The monoisotopic (exact) mass is 377 g/mol. The second-order valence-corrected chi connectivity index (χ2v) is 9.39. The highest BCUT2D eigenvalue weighted by Gasteiger charge is 2.34. The van der Waals surface area contributed by atoms with E-state index in [1.807, 2.05) is 18.9 Å². The molecule has 1 amide bonds. The number of anilines is 1. The SMILES string of the molecule is C[C@H](Sc1nnc(N2CCCC2)n1C1CC1)C(=O)N(C)C1CCCCC1. The Morgan fingerprint density at radius 2 is 1.77 bits per heavy atom. The molecule has 3 fully saturated rings. The highest BCUT2D eigenvalue weighted by atomic mass is 32.2. The Morgan fingerprint density at radius 3 is 2.42 bits per heavy atom. The average Bonchev–Trinajstić information content (AvgIpc) is 3.19. The molecule has 4 rings (SSSR count). The lowest BCUT2D eigenvalue weighted by Crippen LogP contribution is -2.42. The minimum atomic E-state index is -0.116. The molecule has 2 heterocycles. The van der Waals surface area contributed by atoms with E-state index in [1.165, 1.54) is 44.9 Å². The minimum Gasteiger partial charge on any atom is -0.342 e. The largest absolute Gasteiger partial charge is 0.342 e. The van der Waals surface area contributed by atoms with E-state index in [0.29, 0.717) is 12.1 Å². The van der Waals surface area contributed by atoms with Crippen LogP contribution in [0, 0.1) is 0 Å². The van der Waals surface area contributed by atoms with Gasteiger partial charge in [-0.3, -0.25) is 9.36 Å². The van der Waals surface area contributed by atoms with E-state index in [9.17, 15) is 4.79 Å². The summed E-state index contributed by atoms with van der Waals surface area (Å²) in [6.45, 7) is 4.18. The van der Waals surface area contributed by atoms with E-state index in [4.69, 9.17) is 0 Å². The molecule has 0 radical (unpaired) electrons. The van der Waals surface area contributed by atoms with Crippen LogP contribution in [-0.2, 0) is 4.79 Å². The van der Waals surface area contributed by atoms with Gasteiger partial charge in [0.1, 0.15) is 0 Å². The maximum absolute atomic E-state index is 12.9. The van der Waals surface area contributed by atoms with E-state index in [2.05, 4.69) is 19.7 Å². The molecule has 1 aromatic rings. The van der Waals surface area contributed by atoms with Crippen LogP contribution < -0.4 is 4.90 Å². The summed E-state index contributed by atoms with van der Waals surface area (Å²) >= 11 is 1.59. The molecule has 1 aromatic heterocycles. The first-order valence-corrected chi connectivity index (χ1v) is 11.2. The summed E-state index contributed by atoms with van der Waals surface area (Å²) in [5.41, 5.74) is 0. The maximum Gasteiger partial charge on any atom is 0.235 e. The molecule has 26 heavy (non-hydrogen) atoms. The molecular weight excluding hydrogens is 346 g/mol. The van der Waals surface area contributed by atoms with Gasteiger partial charge in [-0.15, -0.1) is 10.2 Å². The van der Waals surface area contributed by atoms with Crippen LogP contribution in [0.1, 0.15) is 70.8 Å². The number of nitrogens with zero attached hydrogens (tertiary/aromatic N) is 5. The molecule has 7 heteroatoms. The molecule has 6 nitrogen and oxygen atoms in total. The van der Waals surface area contributed by atoms with E-state index in [1.54, 1.807) is 11.8 Å². The van der Waals surface area contributed by atoms with Gasteiger partial charge in [0.25, 0.3) is 0 Å². The smallest absolute Gasteiger partial charge is 0.235 e. The second kappa shape index (κ2) is 7.79. The first kappa shape index (κ1) is 18.1. The first-order valence-electron chi connectivity index (χ1n) is 10.3. The van der Waals surface area contributed by atoms with Crippen LogP contribution in [0.4, 0.5) is 5.95 Å². The molecule has 0 unspecified atom stereocenters. The summed E-state index contributed by atoms with van der Waals surface area (Å²) in [5, 5.41) is 9.79. The molecular formula is C19H31N5OS. The fraction of sp³-hybridized carbons (Fsp3) is 0.842. The van der Waals surface area contributed by atoms with Crippen molar-refractivity contribution in [3.05, 3.63) is 0 Å². The number of rotatable bonds is 6. The summed E-state index contributed by atoms with van der Waals surface area (Å²) in [5.74, 6) is 1.25. The molecule has 3 aliphatic rings. The van der Waals surface area contributed by atoms with Gasteiger partial charge in [-0.05, 0) is 45.4 Å². The number of carbonyl (C=O) groups excluding carboxylic acids is 1. The van der Waals surface area contributed by atoms with Crippen molar-refractivity contribution in [2.75, 3.05) is 25.0 Å². The zero-order valence-electron chi connectivity index (χ0n) is 16.1. The summed E-state index contributed by atoms with van der Waals surface area (Å²) in [6.07, 6.45) is 11.0. The van der Waals surface area contributed by atoms with Gasteiger partial charge >= 0.3 is 0 Å². The van der Waals surface area contributed by atoms with Crippen LogP contribution in [-0.4, -0.2) is 57.0 Å². The molecule has 2 aliphatic carbocycles. The number of carbonyl (C=O) groups is 1. The summed E-state index contributed by atoms with van der Waals surface area (Å²) in [4.78, 5) is 17.3. The lowest BCUT2D eigenvalue weighted by molar-refractivity contribution is -0.131. The van der Waals surface area contributed by atoms with Gasteiger partial charge in [0.2, 0.25) is 11.9 Å². The van der Waals surface area contributed by atoms with Crippen LogP contribution in [0.25, 0.3) is 0 Å². The molecule has 2 saturated carbocycles. The number of hydrogen-bond acceptors (Lipinski definition) is 5. The molecule has 0 N–H and O–H groups in total. The Bertz CT molecular complexity index is 632. The molecule has 0 aromatic carbocycles. The van der Waals surface area contributed by atoms with Gasteiger partial charge in [-0.1, -0.05) is 31.0 Å². The second-order valence-electron chi connectivity index (χ2n) is 8.08.